The van der Waals surface area contributed by atoms with Crippen molar-refractivity contribution in [2.24, 2.45) is 0 Å². The third-order valence-corrected chi connectivity index (χ3v) is 5.69. The second kappa shape index (κ2) is 7.70. The zero-order valence-corrected chi connectivity index (χ0v) is 17.8. The second-order valence-corrected chi connectivity index (χ2v) is 9.22. The van der Waals surface area contributed by atoms with Crippen LogP contribution in [0.5, 0.6) is 0 Å². The van der Waals surface area contributed by atoms with E-state index in [0.29, 0.717) is 31.8 Å². The Morgan fingerprint density at radius 1 is 0.926 bits per heavy atom. The minimum Gasteiger partial charge on any atom is -0.268 e. The lowest BCUT2D eigenvalue weighted by molar-refractivity contribution is -0.119. The number of carbonyl (C=O) groups is 2. The number of rotatable bonds is 4. The number of imide groups is 1. The predicted molar refractivity (Wildman–Crippen MR) is 115 cm³/mol. The maximum Gasteiger partial charge on any atom is 0.272 e. The molecule has 1 heterocycles. The first-order chi connectivity index (χ1) is 12.7. The molecule has 6 heteroatoms. The molecule has 2 aromatic carbocycles. The van der Waals surface area contributed by atoms with E-state index in [1.54, 1.807) is 18.2 Å². The molecule has 2 aromatic rings. The average molecular weight is 420 g/mol. The molecule has 0 unspecified atom stereocenters. The number of thioether (sulfide) groups is 1. The summed E-state index contributed by atoms with van der Waals surface area (Å²) in [4.78, 5) is 28.2. The summed E-state index contributed by atoms with van der Waals surface area (Å²) in [5, 5.41) is 0.963. The van der Waals surface area contributed by atoms with Crippen LogP contribution in [-0.4, -0.2) is 17.1 Å². The first-order valence-corrected chi connectivity index (χ1v) is 10.2. The monoisotopic (exact) mass is 419 g/mol. The maximum absolute atomic E-state index is 13.3. The molecule has 0 radical (unpaired) electrons. The van der Waals surface area contributed by atoms with Crippen molar-refractivity contribution in [3.63, 3.8) is 0 Å². The summed E-state index contributed by atoms with van der Waals surface area (Å²) >= 11 is 13.7. The van der Waals surface area contributed by atoms with Crippen molar-refractivity contribution < 1.29 is 9.59 Å². The van der Waals surface area contributed by atoms with Gasteiger partial charge in [-0.25, -0.2) is 4.90 Å². The van der Waals surface area contributed by atoms with Crippen molar-refractivity contribution in [2.45, 2.75) is 32.9 Å². The summed E-state index contributed by atoms with van der Waals surface area (Å²) in [7, 11) is 0. The van der Waals surface area contributed by atoms with E-state index in [4.69, 9.17) is 23.2 Å². The van der Waals surface area contributed by atoms with Gasteiger partial charge in [0, 0.05) is 15.8 Å². The van der Waals surface area contributed by atoms with Gasteiger partial charge >= 0.3 is 0 Å². The third kappa shape index (κ3) is 3.93. The number of nitrogens with zero attached hydrogens (tertiary/aromatic N) is 1. The minimum atomic E-state index is -0.364. The molecule has 0 aromatic heterocycles. The van der Waals surface area contributed by atoms with Crippen LogP contribution < -0.4 is 4.90 Å². The molecule has 2 amide bonds. The van der Waals surface area contributed by atoms with Gasteiger partial charge in [-0.3, -0.25) is 9.59 Å². The molecule has 0 saturated heterocycles. The Morgan fingerprint density at radius 2 is 1.56 bits per heavy atom. The summed E-state index contributed by atoms with van der Waals surface area (Å²) in [6, 6.07) is 10.6. The Bertz CT molecular complexity index is 962. The first-order valence-electron chi connectivity index (χ1n) is 8.52. The van der Waals surface area contributed by atoms with Crippen molar-refractivity contribution in [3.8, 4) is 0 Å². The molecule has 0 saturated carbocycles. The molecular formula is C21H19Cl2NO2S. The molecule has 27 heavy (non-hydrogen) atoms. The molecule has 0 atom stereocenters. The number of benzene rings is 2. The summed E-state index contributed by atoms with van der Waals surface area (Å²) in [5.74, 6) is -0.679. The SMILES string of the molecule is Cc1cc(C)cc(N2C(=O)C(SC(C)C)=C(c3ccc(Cl)cc3Cl)C2=O)c1. The van der Waals surface area contributed by atoms with Gasteiger partial charge in [0.15, 0.2) is 0 Å². The van der Waals surface area contributed by atoms with Crippen LogP contribution >= 0.6 is 35.0 Å². The number of anilines is 1. The molecule has 0 fully saturated rings. The smallest absolute Gasteiger partial charge is 0.268 e. The molecule has 0 N–H and O–H groups in total. The van der Waals surface area contributed by atoms with Crippen molar-refractivity contribution in [1.82, 2.24) is 0 Å². The van der Waals surface area contributed by atoms with Crippen LogP contribution in [0.2, 0.25) is 10.0 Å². The molecule has 1 aliphatic heterocycles. The molecule has 0 aliphatic carbocycles. The average Bonchev–Trinajstić information content (AvgIpc) is 2.77. The molecule has 0 bridgehead atoms. The second-order valence-electron chi connectivity index (χ2n) is 6.79. The predicted octanol–water partition coefficient (Wildman–Crippen LogP) is 6.04. The van der Waals surface area contributed by atoms with Gasteiger partial charge in [-0.1, -0.05) is 49.2 Å². The van der Waals surface area contributed by atoms with Crippen molar-refractivity contribution in [2.75, 3.05) is 4.90 Å². The Labute approximate surface area is 173 Å². The maximum atomic E-state index is 13.3. The molecule has 3 nitrogen and oxygen atoms in total. The normalized spacial score (nSPS) is 14.7. The van der Waals surface area contributed by atoms with Gasteiger partial charge < -0.3 is 0 Å². The van der Waals surface area contributed by atoms with Crippen molar-refractivity contribution in [3.05, 3.63) is 68.0 Å². The molecule has 3 rings (SSSR count). The highest BCUT2D eigenvalue weighted by Gasteiger charge is 2.41. The highest BCUT2D eigenvalue weighted by molar-refractivity contribution is 8.04. The topological polar surface area (TPSA) is 37.4 Å². The van der Waals surface area contributed by atoms with Gasteiger partial charge in [0.25, 0.3) is 11.8 Å². The number of aryl methyl sites for hydroxylation is 2. The zero-order chi connectivity index (χ0) is 19.9. The fourth-order valence-electron chi connectivity index (χ4n) is 3.10. The fraction of sp³-hybridized carbons (Fsp3) is 0.238. The Kier molecular flexibility index (Phi) is 5.71. The van der Waals surface area contributed by atoms with E-state index in [0.717, 1.165) is 11.1 Å². The lowest BCUT2D eigenvalue weighted by Gasteiger charge is -2.17. The largest absolute Gasteiger partial charge is 0.272 e. The van der Waals surface area contributed by atoms with Gasteiger partial charge in [0.2, 0.25) is 0 Å². The standard InChI is InChI=1S/C21H19Cl2NO2S/c1-11(2)27-19-18(16-6-5-14(22)10-17(16)23)20(25)24(21(19)26)15-8-12(3)7-13(4)9-15/h5-11H,1-4H3. The zero-order valence-electron chi connectivity index (χ0n) is 15.5. The number of carbonyl (C=O) groups excluding carboxylic acids is 2. The molecule has 140 valence electrons. The number of hydrogen-bond donors (Lipinski definition) is 0. The Balaban J connectivity index is 2.17. The van der Waals surface area contributed by atoms with Crippen LogP contribution in [-0.2, 0) is 9.59 Å². The van der Waals surface area contributed by atoms with Crippen molar-refractivity contribution in [1.29, 1.82) is 0 Å². The summed E-state index contributed by atoms with van der Waals surface area (Å²) in [5.41, 5.74) is 3.40. The van der Waals surface area contributed by atoms with Crippen LogP contribution in [0, 0.1) is 13.8 Å². The highest BCUT2D eigenvalue weighted by atomic mass is 35.5. The highest BCUT2D eigenvalue weighted by Crippen LogP contribution is 2.42. The van der Waals surface area contributed by atoms with Crippen LogP contribution in [0.4, 0.5) is 5.69 Å². The molecular weight excluding hydrogens is 401 g/mol. The van der Waals surface area contributed by atoms with E-state index in [1.807, 2.05) is 45.9 Å². The van der Waals surface area contributed by atoms with Gasteiger partial charge in [-0.15, -0.1) is 11.8 Å². The van der Waals surface area contributed by atoms with Crippen molar-refractivity contribution >= 4 is 58.0 Å². The number of amides is 2. The third-order valence-electron chi connectivity index (χ3n) is 4.06. The van der Waals surface area contributed by atoms with E-state index in [2.05, 4.69) is 0 Å². The Morgan fingerprint density at radius 3 is 2.11 bits per heavy atom. The van der Waals surface area contributed by atoms with Gasteiger partial charge in [0.1, 0.15) is 0 Å². The van der Waals surface area contributed by atoms with E-state index in [-0.39, 0.29) is 17.1 Å². The minimum absolute atomic E-state index is 0.136. The van der Waals surface area contributed by atoms with E-state index >= 15 is 0 Å². The molecule has 0 spiro atoms. The van der Waals surface area contributed by atoms with Gasteiger partial charge in [-0.05, 0) is 49.2 Å². The van der Waals surface area contributed by atoms with Crippen LogP contribution in [0.15, 0.2) is 41.3 Å². The summed E-state index contributed by atoms with van der Waals surface area (Å²) < 4.78 is 0. The van der Waals surface area contributed by atoms with E-state index in [1.165, 1.54) is 16.7 Å². The lowest BCUT2D eigenvalue weighted by Crippen LogP contribution is -2.31. The quantitative estimate of drug-likeness (QED) is 0.567. The van der Waals surface area contributed by atoms with Gasteiger partial charge in [-0.2, -0.15) is 0 Å². The fourth-order valence-corrected chi connectivity index (χ4v) is 4.58. The van der Waals surface area contributed by atoms with Crippen LogP contribution in [0.25, 0.3) is 5.57 Å². The number of halogens is 2. The van der Waals surface area contributed by atoms with E-state index in [9.17, 15) is 9.59 Å². The first kappa shape index (κ1) is 20.0. The van der Waals surface area contributed by atoms with Gasteiger partial charge in [0.05, 0.1) is 21.2 Å². The Hall–Kier alpha value is -1.75. The summed E-state index contributed by atoms with van der Waals surface area (Å²) in [6.45, 7) is 7.84. The van der Waals surface area contributed by atoms with E-state index < -0.39 is 0 Å². The van der Waals surface area contributed by atoms with Crippen LogP contribution in [0.3, 0.4) is 0 Å². The number of hydrogen-bond acceptors (Lipinski definition) is 3. The van der Waals surface area contributed by atoms with Crippen LogP contribution in [0.1, 0.15) is 30.5 Å². The molecule has 1 aliphatic rings. The lowest BCUT2D eigenvalue weighted by atomic mass is 10.1. The summed E-state index contributed by atoms with van der Waals surface area (Å²) in [6.07, 6.45) is 0.